The van der Waals surface area contributed by atoms with Gasteiger partial charge in [-0.3, -0.25) is 4.79 Å². The fourth-order valence-corrected chi connectivity index (χ4v) is 3.43. The highest BCUT2D eigenvalue weighted by Crippen LogP contribution is 2.31. The van der Waals surface area contributed by atoms with Crippen LogP contribution in [0.1, 0.15) is 18.4 Å². The molecule has 0 saturated carbocycles. The number of benzene rings is 2. The van der Waals surface area contributed by atoms with Gasteiger partial charge < -0.3 is 15.0 Å². The number of ether oxygens (including phenoxy) is 1. The zero-order valence-electron chi connectivity index (χ0n) is 17.1. The summed E-state index contributed by atoms with van der Waals surface area (Å²) in [6.07, 6.45) is -2.13. The number of nitrogens with zero attached hydrogens (tertiary/aromatic N) is 3. The van der Waals surface area contributed by atoms with Crippen molar-refractivity contribution >= 4 is 17.4 Å². The van der Waals surface area contributed by atoms with E-state index in [1.54, 1.807) is 12.1 Å². The van der Waals surface area contributed by atoms with Gasteiger partial charge in [-0.15, -0.1) is 10.2 Å². The minimum Gasteiger partial charge on any atom is -0.484 e. The summed E-state index contributed by atoms with van der Waals surface area (Å²) in [5.74, 6) is 0.363. The maximum Gasteiger partial charge on any atom is 0.416 e. The third-order valence-corrected chi connectivity index (χ3v) is 5.08. The molecule has 0 spiro atoms. The quantitative estimate of drug-likeness (QED) is 0.595. The molecule has 2 aromatic carbocycles. The number of halogens is 3. The lowest BCUT2D eigenvalue weighted by atomic mass is 10.1. The second-order valence-electron chi connectivity index (χ2n) is 7.41. The Morgan fingerprint density at radius 2 is 1.75 bits per heavy atom. The second kappa shape index (κ2) is 9.25. The average Bonchev–Trinajstić information content (AvgIpc) is 3.33. The van der Waals surface area contributed by atoms with Gasteiger partial charge in [-0.1, -0.05) is 18.2 Å². The van der Waals surface area contributed by atoms with Crippen LogP contribution in [0, 0.1) is 0 Å². The van der Waals surface area contributed by atoms with E-state index in [0.717, 1.165) is 42.3 Å². The number of carbonyl (C=O) groups is 1. The fraction of sp³-hybridized carbons (Fsp3) is 0.261. The number of amides is 1. The Labute approximate surface area is 183 Å². The molecule has 3 aromatic rings. The molecule has 1 aliphatic heterocycles. The summed E-state index contributed by atoms with van der Waals surface area (Å²) >= 11 is 0. The van der Waals surface area contributed by atoms with Gasteiger partial charge >= 0.3 is 6.18 Å². The first kappa shape index (κ1) is 21.6. The van der Waals surface area contributed by atoms with Crippen molar-refractivity contribution in [3.8, 4) is 17.0 Å². The average molecular weight is 442 g/mol. The van der Waals surface area contributed by atoms with Gasteiger partial charge in [0.1, 0.15) is 5.75 Å². The van der Waals surface area contributed by atoms with Crippen molar-refractivity contribution < 1.29 is 22.7 Å². The van der Waals surface area contributed by atoms with E-state index in [2.05, 4.69) is 20.4 Å². The van der Waals surface area contributed by atoms with Crippen LogP contribution >= 0.6 is 0 Å². The summed E-state index contributed by atoms with van der Waals surface area (Å²) in [4.78, 5) is 14.3. The molecule has 1 N–H and O–H groups in total. The minimum absolute atomic E-state index is 0.0266. The Bertz CT molecular complexity index is 1060. The smallest absolute Gasteiger partial charge is 0.416 e. The normalized spacial score (nSPS) is 13.8. The van der Waals surface area contributed by atoms with Gasteiger partial charge in [-0.05, 0) is 55.3 Å². The number of hydrogen-bond acceptors (Lipinski definition) is 5. The molecule has 0 bridgehead atoms. The maximum absolute atomic E-state index is 12.8. The number of alkyl halides is 3. The van der Waals surface area contributed by atoms with Crippen LogP contribution in [0.25, 0.3) is 11.3 Å². The zero-order chi connectivity index (χ0) is 22.6. The monoisotopic (exact) mass is 442 g/mol. The van der Waals surface area contributed by atoms with Crippen LogP contribution in [0.2, 0.25) is 0 Å². The number of anilines is 2. The van der Waals surface area contributed by atoms with Crippen molar-refractivity contribution in [1.29, 1.82) is 0 Å². The first-order chi connectivity index (χ1) is 15.4. The van der Waals surface area contributed by atoms with Crippen molar-refractivity contribution in [2.24, 2.45) is 0 Å². The lowest BCUT2D eigenvalue weighted by Gasteiger charge is -2.15. The molecule has 1 fully saturated rings. The molecular formula is C23H21F3N4O2. The minimum atomic E-state index is -4.47. The lowest BCUT2D eigenvalue weighted by Crippen LogP contribution is -2.20. The predicted octanol–water partition coefficient (Wildman–Crippen LogP) is 4.78. The van der Waals surface area contributed by atoms with Gasteiger partial charge in [0, 0.05) is 24.3 Å². The Morgan fingerprint density at radius 1 is 1.00 bits per heavy atom. The summed E-state index contributed by atoms with van der Waals surface area (Å²) in [5, 5.41) is 11.2. The second-order valence-corrected chi connectivity index (χ2v) is 7.41. The van der Waals surface area contributed by atoms with E-state index in [1.807, 2.05) is 24.3 Å². The molecule has 1 aromatic heterocycles. The number of carbonyl (C=O) groups excluding carboxylic acids is 1. The van der Waals surface area contributed by atoms with Crippen molar-refractivity contribution in [3.63, 3.8) is 0 Å². The number of nitrogens with one attached hydrogen (secondary N) is 1. The van der Waals surface area contributed by atoms with E-state index in [4.69, 9.17) is 4.74 Å². The van der Waals surface area contributed by atoms with Crippen molar-refractivity contribution in [2.75, 3.05) is 29.9 Å². The Balaban J connectivity index is 1.32. The van der Waals surface area contributed by atoms with Gasteiger partial charge in [0.05, 0.1) is 11.3 Å². The van der Waals surface area contributed by atoms with Gasteiger partial charge in [-0.25, -0.2) is 0 Å². The summed E-state index contributed by atoms with van der Waals surface area (Å²) in [7, 11) is 0. The van der Waals surface area contributed by atoms with E-state index in [1.165, 1.54) is 25.0 Å². The Kier molecular flexibility index (Phi) is 6.25. The summed E-state index contributed by atoms with van der Waals surface area (Å²) in [5.41, 5.74) is 1.28. The molecule has 0 radical (unpaired) electrons. The molecule has 2 heterocycles. The highest BCUT2D eigenvalue weighted by atomic mass is 19.4. The highest BCUT2D eigenvalue weighted by molar-refractivity contribution is 5.92. The zero-order valence-corrected chi connectivity index (χ0v) is 17.1. The molecule has 0 aliphatic carbocycles. The molecule has 6 nitrogen and oxygen atoms in total. The summed E-state index contributed by atoms with van der Waals surface area (Å²) in [6.45, 7) is 1.59. The topological polar surface area (TPSA) is 67.3 Å². The third-order valence-electron chi connectivity index (χ3n) is 5.08. The molecular weight excluding hydrogens is 421 g/mol. The van der Waals surface area contributed by atoms with Crippen molar-refractivity contribution in [1.82, 2.24) is 10.2 Å². The van der Waals surface area contributed by atoms with Gasteiger partial charge in [0.2, 0.25) is 0 Å². The van der Waals surface area contributed by atoms with Crippen molar-refractivity contribution in [3.05, 3.63) is 66.2 Å². The van der Waals surface area contributed by atoms with Crippen LogP contribution in [-0.2, 0) is 11.0 Å². The number of hydrogen-bond donors (Lipinski definition) is 1. The molecule has 1 aliphatic rings. The molecule has 1 amide bonds. The first-order valence-electron chi connectivity index (χ1n) is 10.2. The summed E-state index contributed by atoms with van der Waals surface area (Å²) < 4.78 is 43.5. The Hall–Kier alpha value is -3.62. The fourth-order valence-electron chi connectivity index (χ4n) is 3.43. The van der Waals surface area contributed by atoms with Gasteiger partial charge in [0.25, 0.3) is 5.91 Å². The molecule has 1 saturated heterocycles. The van der Waals surface area contributed by atoms with E-state index >= 15 is 0 Å². The van der Waals surface area contributed by atoms with E-state index in [0.29, 0.717) is 5.69 Å². The predicted molar refractivity (Wildman–Crippen MR) is 114 cm³/mol. The number of aromatic nitrogens is 2. The van der Waals surface area contributed by atoms with Crippen LogP contribution in [-0.4, -0.2) is 35.8 Å². The van der Waals surface area contributed by atoms with E-state index in [-0.39, 0.29) is 5.75 Å². The number of rotatable bonds is 6. The molecule has 4 rings (SSSR count). The maximum atomic E-state index is 12.8. The van der Waals surface area contributed by atoms with E-state index in [9.17, 15) is 18.0 Å². The molecule has 166 valence electrons. The SMILES string of the molecule is O=C(COc1cccc(C(F)(F)F)c1)Nc1ccc(-c2ccc(N3CCCC3)nn2)cc1. The van der Waals surface area contributed by atoms with Crippen LogP contribution in [0.4, 0.5) is 24.7 Å². The lowest BCUT2D eigenvalue weighted by molar-refractivity contribution is -0.137. The van der Waals surface area contributed by atoms with Crippen LogP contribution in [0.3, 0.4) is 0 Å². The van der Waals surface area contributed by atoms with Gasteiger partial charge in [-0.2, -0.15) is 13.2 Å². The highest BCUT2D eigenvalue weighted by Gasteiger charge is 2.30. The standard InChI is InChI=1S/C23H21F3N4O2/c24-23(25,26)17-4-3-5-19(14-17)32-15-22(31)27-18-8-6-16(7-9-18)20-10-11-21(29-28-20)30-12-1-2-13-30/h3-11,14H,1-2,12-13,15H2,(H,27,31). The first-order valence-corrected chi connectivity index (χ1v) is 10.2. The molecule has 0 atom stereocenters. The molecule has 9 heteroatoms. The van der Waals surface area contributed by atoms with Crippen LogP contribution in [0.15, 0.2) is 60.7 Å². The summed E-state index contributed by atoms with van der Waals surface area (Å²) in [6, 6.07) is 15.3. The third kappa shape index (κ3) is 5.35. The molecule has 32 heavy (non-hydrogen) atoms. The van der Waals surface area contributed by atoms with E-state index < -0.39 is 24.3 Å². The van der Waals surface area contributed by atoms with Gasteiger partial charge in [0.15, 0.2) is 12.4 Å². The van der Waals surface area contributed by atoms with Crippen LogP contribution < -0.4 is 15.0 Å². The molecule has 0 unspecified atom stereocenters. The Morgan fingerprint density at radius 3 is 2.41 bits per heavy atom. The van der Waals surface area contributed by atoms with Crippen molar-refractivity contribution in [2.45, 2.75) is 19.0 Å². The van der Waals surface area contributed by atoms with Crippen LogP contribution in [0.5, 0.6) is 5.75 Å². The largest absolute Gasteiger partial charge is 0.484 e.